The second-order valence-electron chi connectivity index (χ2n) is 3.96. The van der Waals surface area contributed by atoms with Crippen LogP contribution in [0.2, 0.25) is 0 Å². The molecule has 0 amide bonds. The first kappa shape index (κ1) is 14.5. The van der Waals surface area contributed by atoms with E-state index >= 15 is 0 Å². The molecule has 0 bridgehead atoms. The molecule has 0 radical (unpaired) electrons. The molecule has 1 rings (SSSR count). The second kappa shape index (κ2) is 6.97. The summed E-state index contributed by atoms with van der Waals surface area (Å²) in [6, 6.07) is 0.497. The van der Waals surface area contributed by atoms with Gasteiger partial charge in [-0.1, -0.05) is 6.42 Å². The van der Waals surface area contributed by atoms with Crippen molar-refractivity contribution in [1.29, 1.82) is 0 Å². The minimum absolute atomic E-state index is 0.0727. The van der Waals surface area contributed by atoms with Gasteiger partial charge in [-0.2, -0.15) is 13.2 Å². The number of nitrogens with zero attached hydrogens (tertiary/aromatic N) is 1. The van der Waals surface area contributed by atoms with Crippen molar-refractivity contribution in [3.63, 3.8) is 0 Å². The SMILES string of the molecule is FC(F)(F)SCCN(CCCCl)C1CCC1. The summed E-state index contributed by atoms with van der Waals surface area (Å²) < 4.78 is 35.9. The molecule has 0 N–H and O–H groups in total. The van der Waals surface area contributed by atoms with Crippen LogP contribution in [0.1, 0.15) is 25.7 Å². The van der Waals surface area contributed by atoms with Crippen LogP contribution in [0, 0.1) is 0 Å². The molecule has 1 aliphatic rings. The zero-order valence-corrected chi connectivity index (χ0v) is 10.7. The molecule has 0 aromatic heterocycles. The lowest BCUT2D eigenvalue weighted by Gasteiger charge is -2.37. The van der Waals surface area contributed by atoms with Crippen LogP contribution < -0.4 is 0 Å². The van der Waals surface area contributed by atoms with Gasteiger partial charge in [0, 0.05) is 24.2 Å². The fourth-order valence-electron chi connectivity index (χ4n) is 1.77. The maximum Gasteiger partial charge on any atom is 0.441 e. The third kappa shape index (κ3) is 5.64. The maximum atomic E-state index is 12.0. The summed E-state index contributed by atoms with van der Waals surface area (Å²) in [5, 5.41) is 0. The van der Waals surface area contributed by atoms with Crippen LogP contribution in [0.3, 0.4) is 0 Å². The fourth-order valence-corrected chi connectivity index (χ4v) is 2.45. The molecule has 1 nitrogen and oxygen atoms in total. The lowest BCUT2D eigenvalue weighted by Crippen LogP contribution is -2.42. The summed E-state index contributed by atoms with van der Waals surface area (Å²) in [5.74, 6) is 0.706. The molecule has 1 saturated carbocycles. The zero-order valence-electron chi connectivity index (χ0n) is 9.10. The predicted molar refractivity (Wildman–Crippen MR) is 63.1 cm³/mol. The normalized spacial score (nSPS) is 17.8. The van der Waals surface area contributed by atoms with Gasteiger partial charge in [0.15, 0.2) is 0 Å². The van der Waals surface area contributed by atoms with E-state index in [9.17, 15) is 13.2 Å². The van der Waals surface area contributed by atoms with Crippen molar-refractivity contribution in [2.24, 2.45) is 0 Å². The first-order chi connectivity index (χ1) is 7.53. The quantitative estimate of drug-likeness (QED) is 0.652. The van der Waals surface area contributed by atoms with Gasteiger partial charge in [-0.15, -0.1) is 11.6 Å². The molecule has 16 heavy (non-hydrogen) atoms. The molecule has 96 valence electrons. The number of halogens is 4. The number of rotatable bonds is 7. The summed E-state index contributed by atoms with van der Waals surface area (Å²) in [5.41, 5.74) is -4.10. The number of hydrogen-bond acceptors (Lipinski definition) is 2. The van der Waals surface area contributed by atoms with Crippen molar-refractivity contribution in [3.8, 4) is 0 Å². The Hall–Kier alpha value is 0.390. The Morgan fingerprint density at radius 1 is 1.25 bits per heavy atom. The van der Waals surface area contributed by atoms with Crippen molar-refractivity contribution >= 4 is 23.4 Å². The minimum Gasteiger partial charge on any atom is -0.300 e. The van der Waals surface area contributed by atoms with Crippen molar-refractivity contribution in [3.05, 3.63) is 0 Å². The molecule has 0 heterocycles. The van der Waals surface area contributed by atoms with Gasteiger partial charge in [0.25, 0.3) is 0 Å². The molecule has 6 heteroatoms. The highest BCUT2D eigenvalue weighted by Crippen LogP contribution is 2.31. The molecule has 1 fully saturated rings. The molecule has 1 aliphatic carbocycles. The number of thioether (sulfide) groups is 1. The van der Waals surface area contributed by atoms with Crippen molar-refractivity contribution in [1.82, 2.24) is 4.90 Å². The fraction of sp³-hybridized carbons (Fsp3) is 1.00. The van der Waals surface area contributed by atoms with Crippen LogP contribution in [-0.2, 0) is 0 Å². The summed E-state index contributed by atoms with van der Waals surface area (Å²) >= 11 is 5.68. The molecular weight excluding hydrogens is 259 g/mol. The monoisotopic (exact) mass is 275 g/mol. The predicted octanol–water partition coefficient (Wildman–Crippen LogP) is 3.72. The van der Waals surface area contributed by atoms with Gasteiger partial charge in [0.1, 0.15) is 0 Å². The molecule has 0 aromatic carbocycles. The van der Waals surface area contributed by atoms with Crippen LogP contribution >= 0.6 is 23.4 Å². The Morgan fingerprint density at radius 3 is 2.38 bits per heavy atom. The van der Waals surface area contributed by atoms with Gasteiger partial charge in [-0.05, 0) is 37.6 Å². The standard InChI is InChI=1S/C10H17ClF3NS/c11-5-2-6-15(9-3-1-4-9)7-8-16-10(12,13)14/h9H,1-8H2. The van der Waals surface area contributed by atoms with Gasteiger partial charge >= 0.3 is 5.51 Å². The van der Waals surface area contributed by atoms with Gasteiger partial charge in [-0.25, -0.2) is 0 Å². The molecule has 0 aromatic rings. The average Bonchev–Trinajstić information content (AvgIpc) is 2.08. The smallest absolute Gasteiger partial charge is 0.300 e. The van der Waals surface area contributed by atoms with Gasteiger partial charge in [-0.3, -0.25) is 4.90 Å². The highest BCUT2D eigenvalue weighted by Gasteiger charge is 2.29. The first-order valence-electron chi connectivity index (χ1n) is 5.53. The van der Waals surface area contributed by atoms with E-state index in [1.807, 2.05) is 0 Å². The van der Waals surface area contributed by atoms with Crippen molar-refractivity contribution in [2.45, 2.75) is 37.2 Å². The third-order valence-electron chi connectivity index (χ3n) is 2.81. The van der Waals surface area contributed by atoms with Crippen LogP contribution in [0.4, 0.5) is 13.2 Å². The van der Waals surface area contributed by atoms with Crippen LogP contribution in [0.25, 0.3) is 0 Å². The maximum absolute atomic E-state index is 12.0. The highest BCUT2D eigenvalue weighted by atomic mass is 35.5. The molecule has 0 unspecified atom stereocenters. The number of hydrogen-bond donors (Lipinski definition) is 0. The lowest BCUT2D eigenvalue weighted by molar-refractivity contribution is -0.0329. The summed E-state index contributed by atoms with van der Waals surface area (Å²) in [7, 11) is 0. The minimum atomic E-state index is -4.10. The van der Waals surface area contributed by atoms with E-state index in [2.05, 4.69) is 4.90 Å². The van der Waals surface area contributed by atoms with Crippen molar-refractivity contribution < 1.29 is 13.2 Å². The first-order valence-corrected chi connectivity index (χ1v) is 7.05. The highest BCUT2D eigenvalue weighted by molar-refractivity contribution is 8.00. The molecular formula is C10H17ClF3NS. The topological polar surface area (TPSA) is 3.24 Å². The van der Waals surface area contributed by atoms with Crippen LogP contribution in [-0.4, -0.2) is 41.2 Å². The van der Waals surface area contributed by atoms with E-state index in [0.717, 1.165) is 25.8 Å². The molecule has 0 aliphatic heterocycles. The van der Waals surface area contributed by atoms with Crippen molar-refractivity contribution in [2.75, 3.05) is 24.7 Å². The Balaban J connectivity index is 2.21. The van der Waals surface area contributed by atoms with Gasteiger partial charge in [0.2, 0.25) is 0 Å². The van der Waals surface area contributed by atoms with E-state index in [0.29, 0.717) is 18.5 Å². The van der Waals surface area contributed by atoms with E-state index in [4.69, 9.17) is 11.6 Å². The second-order valence-corrected chi connectivity index (χ2v) is 5.50. The number of alkyl halides is 4. The summed E-state index contributed by atoms with van der Waals surface area (Å²) in [6.07, 6.45) is 4.31. The van der Waals surface area contributed by atoms with Gasteiger partial charge < -0.3 is 0 Å². The van der Waals surface area contributed by atoms with E-state index in [1.54, 1.807) is 0 Å². The van der Waals surface area contributed by atoms with Gasteiger partial charge in [0.05, 0.1) is 0 Å². The Morgan fingerprint density at radius 2 is 1.94 bits per heavy atom. The van der Waals surface area contributed by atoms with E-state index < -0.39 is 5.51 Å². The van der Waals surface area contributed by atoms with E-state index in [1.165, 1.54) is 6.42 Å². The largest absolute Gasteiger partial charge is 0.441 e. The Labute approximate surface area is 104 Å². The molecule has 0 spiro atoms. The van der Waals surface area contributed by atoms with Crippen LogP contribution in [0.5, 0.6) is 0 Å². The lowest BCUT2D eigenvalue weighted by atomic mass is 9.91. The average molecular weight is 276 g/mol. The molecule has 0 saturated heterocycles. The zero-order chi connectivity index (χ0) is 12.0. The summed E-state index contributed by atoms with van der Waals surface area (Å²) in [6.45, 7) is 1.35. The molecule has 0 atom stereocenters. The van der Waals surface area contributed by atoms with E-state index in [-0.39, 0.29) is 17.5 Å². The Bertz CT molecular complexity index is 197. The third-order valence-corrected chi connectivity index (χ3v) is 3.80. The summed E-state index contributed by atoms with van der Waals surface area (Å²) in [4.78, 5) is 2.16. The van der Waals surface area contributed by atoms with Crippen LogP contribution in [0.15, 0.2) is 0 Å². The Kier molecular flexibility index (Phi) is 6.29.